The van der Waals surface area contributed by atoms with Crippen LogP contribution in [-0.2, 0) is 11.2 Å². The van der Waals surface area contributed by atoms with E-state index in [1.807, 2.05) is 0 Å². The van der Waals surface area contributed by atoms with Crippen molar-refractivity contribution < 1.29 is 14.7 Å². The van der Waals surface area contributed by atoms with E-state index >= 15 is 0 Å². The van der Waals surface area contributed by atoms with Gasteiger partial charge in [-0.25, -0.2) is 0 Å². The van der Waals surface area contributed by atoms with E-state index in [0.717, 1.165) is 0 Å². The molecule has 0 saturated carbocycles. The van der Waals surface area contributed by atoms with Crippen LogP contribution in [0, 0.1) is 0 Å². The topological polar surface area (TPSA) is 70.2 Å². The standard InChI is InChI=1S/C13H11NO3/c15-12(16)8-9-3-5-10(6-4-9)13(17)11-2-1-7-14-11/h1-7,14H,8H2,(H,15,16). The van der Waals surface area contributed by atoms with Crippen molar-refractivity contribution in [2.24, 2.45) is 0 Å². The van der Waals surface area contributed by atoms with Crippen LogP contribution >= 0.6 is 0 Å². The molecule has 0 aliphatic heterocycles. The molecule has 0 aliphatic rings. The smallest absolute Gasteiger partial charge is 0.307 e. The summed E-state index contributed by atoms with van der Waals surface area (Å²) < 4.78 is 0. The van der Waals surface area contributed by atoms with Gasteiger partial charge in [-0.05, 0) is 17.7 Å². The molecular formula is C13H11NO3. The van der Waals surface area contributed by atoms with E-state index in [0.29, 0.717) is 16.8 Å². The first-order chi connectivity index (χ1) is 8.16. The zero-order valence-electron chi connectivity index (χ0n) is 9.01. The molecule has 0 spiro atoms. The molecule has 0 radical (unpaired) electrons. The van der Waals surface area contributed by atoms with Crippen LogP contribution in [0.4, 0.5) is 0 Å². The van der Waals surface area contributed by atoms with Crippen molar-refractivity contribution >= 4 is 11.8 Å². The van der Waals surface area contributed by atoms with Crippen molar-refractivity contribution in [2.75, 3.05) is 0 Å². The number of ketones is 1. The summed E-state index contributed by atoms with van der Waals surface area (Å²) in [5.74, 6) is -0.981. The first-order valence-electron chi connectivity index (χ1n) is 5.15. The number of hydrogen-bond donors (Lipinski definition) is 2. The monoisotopic (exact) mass is 229 g/mol. The Morgan fingerprint density at radius 3 is 2.35 bits per heavy atom. The minimum absolute atomic E-state index is 0.0308. The fraction of sp³-hybridized carbons (Fsp3) is 0.0769. The summed E-state index contributed by atoms with van der Waals surface area (Å²) in [6.07, 6.45) is 1.66. The molecule has 0 atom stereocenters. The lowest BCUT2D eigenvalue weighted by molar-refractivity contribution is -0.136. The van der Waals surface area contributed by atoms with E-state index in [4.69, 9.17) is 5.11 Å². The second-order valence-corrected chi connectivity index (χ2v) is 3.68. The minimum Gasteiger partial charge on any atom is -0.481 e. The van der Waals surface area contributed by atoms with Crippen molar-refractivity contribution in [1.82, 2.24) is 4.98 Å². The number of benzene rings is 1. The molecule has 1 heterocycles. The van der Waals surface area contributed by atoms with E-state index in [1.165, 1.54) is 0 Å². The van der Waals surface area contributed by atoms with Crippen LogP contribution < -0.4 is 0 Å². The molecule has 2 N–H and O–H groups in total. The van der Waals surface area contributed by atoms with Crippen LogP contribution in [0.5, 0.6) is 0 Å². The third-order valence-corrected chi connectivity index (χ3v) is 2.41. The molecule has 17 heavy (non-hydrogen) atoms. The highest BCUT2D eigenvalue weighted by atomic mass is 16.4. The third kappa shape index (κ3) is 2.60. The highest BCUT2D eigenvalue weighted by molar-refractivity contribution is 6.07. The first-order valence-corrected chi connectivity index (χ1v) is 5.15. The Hall–Kier alpha value is -2.36. The van der Waals surface area contributed by atoms with E-state index in [9.17, 15) is 9.59 Å². The summed E-state index contributed by atoms with van der Waals surface area (Å²) in [5, 5.41) is 8.62. The Morgan fingerprint density at radius 2 is 1.82 bits per heavy atom. The highest BCUT2D eigenvalue weighted by Gasteiger charge is 2.09. The van der Waals surface area contributed by atoms with Gasteiger partial charge in [0.1, 0.15) is 0 Å². The number of aliphatic carboxylic acids is 1. The second kappa shape index (κ2) is 4.65. The molecule has 2 aromatic rings. The fourth-order valence-electron chi connectivity index (χ4n) is 1.58. The van der Waals surface area contributed by atoms with Gasteiger partial charge < -0.3 is 10.1 Å². The average Bonchev–Trinajstić information content (AvgIpc) is 2.82. The van der Waals surface area contributed by atoms with Gasteiger partial charge in [0.2, 0.25) is 5.78 Å². The molecule has 2 rings (SSSR count). The summed E-state index contributed by atoms with van der Waals surface area (Å²) in [6, 6.07) is 10.1. The van der Waals surface area contributed by atoms with Crippen molar-refractivity contribution in [1.29, 1.82) is 0 Å². The summed E-state index contributed by atoms with van der Waals surface area (Å²) >= 11 is 0. The first kappa shape index (κ1) is 11.1. The van der Waals surface area contributed by atoms with Gasteiger partial charge >= 0.3 is 5.97 Å². The van der Waals surface area contributed by atoms with Gasteiger partial charge in [0.05, 0.1) is 12.1 Å². The molecular weight excluding hydrogens is 218 g/mol. The molecule has 4 nitrogen and oxygen atoms in total. The van der Waals surface area contributed by atoms with Gasteiger partial charge in [0.25, 0.3) is 0 Å². The Kier molecular flexibility index (Phi) is 3.05. The van der Waals surface area contributed by atoms with Crippen LogP contribution in [0.3, 0.4) is 0 Å². The van der Waals surface area contributed by atoms with Crippen molar-refractivity contribution in [3.05, 3.63) is 59.4 Å². The number of hydrogen-bond acceptors (Lipinski definition) is 2. The number of carboxylic acid groups (broad SMARTS) is 1. The van der Waals surface area contributed by atoms with Crippen LogP contribution in [0.15, 0.2) is 42.6 Å². The number of rotatable bonds is 4. The number of H-pyrrole nitrogens is 1. The van der Waals surface area contributed by atoms with Crippen LogP contribution in [0.2, 0.25) is 0 Å². The molecule has 0 unspecified atom stereocenters. The van der Waals surface area contributed by atoms with Gasteiger partial charge in [-0.3, -0.25) is 9.59 Å². The SMILES string of the molecule is O=C(O)Cc1ccc(C(=O)c2ccc[nH]2)cc1. The average molecular weight is 229 g/mol. The van der Waals surface area contributed by atoms with Crippen LogP contribution in [0.1, 0.15) is 21.6 Å². The van der Waals surface area contributed by atoms with Gasteiger partial charge in [-0.2, -0.15) is 0 Å². The molecule has 4 heteroatoms. The minimum atomic E-state index is -0.881. The number of carbonyl (C=O) groups excluding carboxylic acids is 1. The zero-order chi connectivity index (χ0) is 12.3. The predicted octanol–water partition coefficient (Wildman–Crippen LogP) is 1.87. The zero-order valence-corrected chi connectivity index (χ0v) is 9.01. The highest BCUT2D eigenvalue weighted by Crippen LogP contribution is 2.10. The quantitative estimate of drug-likeness (QED) is 0.786. The lowest BCUT2D eigenvalue weighted by Gasteiger charge is -2.00. The predicted molar refractivity (Wildman–Crippen MR) is 62.0 cm³/mol. The molecule has 0 bridgehead atoms. The lowest BCUT2D eigenvalue weighted by atomic mass is 10.0. The fourth-order valence-corrected chi connectivity index (χ4v) is 1.58. The molecule has 0 amide bonds. The van der Waals surface area contributed by atoms with E-state index in [2.05, 4.69) is 4.98 Å². The lowest BCUT2D eigenvalue weighted by Crippen LogP contribution is -2.03. The van der Waals surface area contributed by atoms with Gasteiger partial charge in [0, 0.05) is 11.8 Å². The van der Waals surface area contributed by atoms with Crippen molar-refractivity contribution in [2.45, 2.75) is 6.42 Å². The molecule has 1 aromatic carbocycles. The Labute approximate surface area is 97.9 Å². The number of carbonyl (C=O) groups is 2. The van der Waals surface area contributed by atoms with Gasteiger partial charge in [-0.1, -0.05) is 24.3 Å². The maximum atomic E-state index is 11.9. The normalized spacial score (nSPS) is 10.1. The van der Waals surface area contributed by atoms with Crippen LogP contribution in [0.25, 0.3) is 0 Å². The summed E-state index contributed by atoms with van der Waals surface area (Å²) in [5.41, 5.74) is 1.75. The number of aromatic amines is 1. The Balaban J connectivity index is 2.18. The number of nitrogens with one attached hydrogen (secondary N) is 1. The summed E-state index contributed by atoms with van der Waals surface area (Å²) in [4.78, 5) is 25.2. The molecule has 1 aromatic heterocycles. The van der Waals surface area contributed by atoms with E-state index in [1.54, 1.807) is 42.6 Å². The molecule has 86 valence electrons. The Morgan fingerprint density at radius 1 is 1.12 bits per heavy atom. The maximum absolute atomic E-state index is 11.9. The van der Waals surface area contributed by atoms with Crippen molar-refractivity contribution in [3.8, 4) is 0 Å². The molecule has 0 aliphatic carbocycles. The number of carboxylic acids is 1. The summed E-state index contributed by atoms with van der Waals surface area (Å²) in [6.45, 7) is 0. The number of aromatic nitrogens is 1. The van der Waals surface area contributed by atoms with Gasteiger partial charge in [-0.15, -0.1) is 0 Å². The largest absolute Gasteiger partial charge is 0.481 e. The summed E-state index contributed by atoms with van der Waals surface area (Å²) in [7, 11) is 0. The third-order valence-electron chi connectivity index (χ3n) is 2.41. The molecule has 0 saturated heterocycles. The molecule has 0 fully saturated rings. The second-order valence-electron chi connectivity index (χ2n) is 3.68. The Bertz CT molecular complexity index is 526. The van der Waals surface area contributed by atoms with E-state index in [-0.39, 0.29) is 12.2 Å². The maximum Gasteiger partial charge on any atom is 0.307 e. The van der Waals surface area contributed by atoms with Crippen LogP contribution in [-0.4, -0.2) is 21.8 Å². The van der Waals surface area contributed by atoms with E-state index < -0.39 is 5.97 Å². The van der Waals surface area contributed by atoms with Crippen molar-refractivity contribution in [3.63, 3.8) is 0 Å². The van der Waals surface area contributed by atoms with Gasteiger partial charge in [0.15, 0.2) is 0 Å².